The minimum atomic E-state index is -1.00. The fourth-order valence-electron chi connectivity index (χ4n) is 1.35. The first kappa shape index (κ1) is 13.0. The third kappa shape index (κ3) is 3.05. The molecule has 94 valence electrons. The fraction of sp³-hybridized carbons (Fsp3) is 0. The van der Waals surface area contributed by atoms with Crippen molar-refractivity contribution in [2.75, 3.05) is 5.32 Å². The third-order valence-corrected chi connectivity index (χ3v) is 2.89. The molecule has 7 heteroatoms. The highest BCUT2D eigenvalue weighted by atomic mass is 79.9. The van der Waals surface area contributed by atoms with Gasteiger partial charge in [0.15, 0.2) is 0 Å². The van der Waals surface area contributed by atoms with E-state index in [-0.39, 0.29) is 17.2 Å². The molecule has 0 saturated carbocycles. The zero-order valence-electron chi connectivity index (χ0n) is 9.46. The van der Waals surface area contributed by atoms with E-state index in [1.54, 1.807) is 6.07 Å². The maximum atomic E-state index is 10.8. The number of halogens is 1. The highest BCUT2D eigenvalue weighted by Gasteiger charge is 2.08. The second kappa shape index (κ2) is 5.46. The average Bonchev–Trinajstić information content (AvgIpc) is 2.41. The molecule has 0 spiro atoms. The Labute approximate surface area is 116 Å². The summed E-state index contributed by atoms with van der Waals surface area (Å²) in [6.07, 6.45) is 1.47. The van der Waals surface area contributed by atoms with E-state index in [0.717, 1.165) is 0 Å². The molecule has 1 heterocycles. The molecule has 0 fully saturated rings. The fourth-order valence-corrected chi connectivity index (χ4v) is 1.83. The molecule has 0 aliphatic carbocycles. The molecule has 0 atom stereocenters. The Morgan fingerprint density at radius 3 is 2.84 bits per heavy atom. The van der Waals surface area contributed by atoms with Crippen LogP contribution in [-0.2, 0) is 0 Å². The molecule has 0 aliphatic heterocycles. The van der Waals surface area contributed by atoms with Crippen LogP contribution in [-0.4, -0.2) is 21.0 Å². The van der Waals surface area contributed by atoms with Crippen LogP contribution in [0.4, 0.5) is 11.6 Å². The number of benzene rings is 1. The maximum absolute atomic E-state index is 10.8. The van der Waals surface area contributed by atoms with E-state index in [1.807, 2.05) is 6.07 Å². The summed E-state index contributed by atoms with van der Waals surface area (Å²) in [5, 5.41) is 20.5. The number of aromatic nitrogens is 2. The van der Waals surface area contributed by atoms with Crippen LogP contribution >= 0.6 is 15.9 Å². The highest BCUT2D eigenvalue weighted by molar-refractivity contribution is 9.10. The van der Waals surface area contributed by atoms with Gasteiger partial charge in [-0.1, -0.05) is 0 Å². The van der Waals surface area contributed by atoms with Crippen molar-refractivity contribution >= 4 is 33.5 Å². The van der Waals surface area contributed by atoms with Gasteiger partial charge in [-0.15, -0.1) is 0 Å². The summed E-state index contributed by atoms with van der Waals surface area (Å²) >= 11 is 3.26. The SMILES string of the molecule is N#Cc1ccnc(Nc2ccc(C(=O)O)cc2Br)n1. The largest absolute Gasteiger partial charge is 0.478 e. The normalized spacial score (nSPS) is 9.68. The number of anilines is 2. The average molecular weight is 319 g/mol. The van der Waals surface area contributed by atoms with Crippen LogP contribution < -0.4 is 5.32 Å². The Kier molecular flexibility index (Phi) is 3.73. The molecule has 2 aromatic rings. The Balaban J connectivity index is 2.28. The summed E-state index contributed by atoms with van der Waals surface area (Å²) in [5.41, 5.74) is 1.03. The summed E-state index contributed by atoms with van der Waals surface area (Å²) in [4.78, 5) is 18.7. The van der Waals surface area contributed by atoms with Gasteiger partial charge in [-0.2, -0.15) is 5.26 Å². The zero-order chi connectivity index (χ0) is 13.8. The number of carboxylic acids is 1. The summed E-state index contributed by atoms with van der Waals surface area (Å²) in [6.45, 7) is 0. The molecular weight excluding hydrogens is 312 g/mol. The van der Waals surface area contributed by atoms with Crippen LogP contribution in [0.1, 0.15) is 16.1 Å². The lowest BCUT2D eigenvalue weighted by Gasteiger charge is -2.07. The molecule has 0 radical (unpaired) electrons. The van der Waals surface area contributed by atoms with Crippen molar-refractivity contribution in [3.63, 3.8) is 0 Å². The molecule has 1 aromatic carbocycles. The van der Waals surface area contributed by atoms with Gasteiger partial charge in [0.25, 0.3) is 0 Å². The van der Waals surface area contributed by atoms with Crippen LogP contribution in [0.25, 0.3) is 0 Å². The summed E-state index contributed by atoms with van der Waals surface area (Å²) < 4.78 is 0.568. The van der Waals surface area contributed by atoms with Gasteiger partial charge < -0.3 is 10.4 Å². The molecule has 0 bridgehead atoms. The second-order valence-corrected chi connectivity index (χ2v) is 4.36. The Bertz CT molecular complexity index is 682. The molecular formula is C12H7BrN4O2. The number of rotatable bonds is 3. The number of aromatic carboxylic acids is 1. The van der Waals surface area contributed by atoms with Gasteiger partial charge in [-0.3, -0.25) is 0 Å². The van der Waals surface area contributed by atoms with Crippen LogP contribution in [0.2, 0.25) is 0 Å². The van der Waals surface area contributed by atoms with Crippen LogP contribution in [0.3, 0.4) is 0 Å². The number of hydrogen-bond donors (Lipinski definition) is 2. The number of carboxylic acid groups (broad SMARTS) is 1. The second-order valence-electron chi connectivity index (χ2n) is 3.50. The van der Waals surface area contributed by atoms with E-state index in [9.17, 15) is 4.79 Å². The lowest BCUT2D eigenvalue weighted by Crippen LogP contribution is -2.01. The molecule has 19 heavy (non-hydrogen) atoms. The molecule has 1 aromatic heterocycles. The van der Waals surface area contributed by atoms with Crippen LogP contribution in [0.5, 0.6) is 0 Å². The monoisotopic (exact) mass is 318 g/mol. The Morgan fingerprint density at radius 1 is 1.42 bits per heavy atom. The van der Waals surface area contributed by atoms with Gasteiger partial charge >= 0.3 is 5.97 Å². The number of hydrogen-bond acceptors (Lipinski definition) is 5. The van der Waals surface area contributed by atoms with E-state index < -0.39 is 5.97 Å². The molecule has 2 N–H and O–H groups in total. The minimum absolute atomic E-state index is 0.170. The van der Waals surface area contributed by atoms with E-state index in [2.05, 4.69) is 31.2 Å². The Hall–Kier alpha value is -2.46. The van der Waals surface area contributed by atoms with Crippen molar-refractivity contribution in [3.05, 3.63) is 46.2 Å². The topological polar surface area (TPSA) is 98.9 Å². The predicted molar refractivity (Wildman–Crippen MR) is 71.1 cm³/mol. The van der Waals surface area contributed by atoms with Gasteiger partial charge in [0, 0.05) is 10.7 Å². The predicted octanol–water partition coefficient (Wildman–Crippen LogP) is 2.55. The smallest absolute Gasteiger partial charge is 0.335 e. The zero-order valence-corrected chi connectivity index (χ0v) is 11.0. The van der Waals surface area contributed by atoms with Gasteiger partial charge in [-0.05, 0) is 40.2 Å². The minimum Gasteiger partial charge on any atom is -0.478 e. The molecule has 6 nitrogen and oxygen atoms in total. The van der Waals surface area contributed by atoms with Crippen molar-refractivity contribution < 1.29 is 9.90 Å². The van der Waals surface area contributed by atoms with Gasteiger partial charge in [-0.25, -0.2) is 14.8 Å². The van der Waals surface area contributed by atoms with Gasteiger partial charge in [0.2, 0.25) is 5.95 Å². The van der Waals surface area contributed by atoms with E-state index in [0.29, 0.717) is 10.2 Å². The molecule has 0 saturated heterocycles. The first-order chi connectivity index (χ1) is 9.10. The van der Waals surface area contributed by atoms with Crippen molar-refractivity contribution in [3.8, 4) is 6.07 Å². The van der Waals surface area contributed by atoms with Crippen molar-refractivity contribution in [1.82, 2.24) is 9.97 Å². The first-order valence-electron chi connectivity index (χ1n) is 5.13. The van der Waals surface area contributed by atoms with Crippen LogP contribution in [0.15, 0.2) is 34.9 Å². The first-order valence-corrected chi connectivity index (χ1v) is 5.92. The van der Waals surface area contributed by atoms with Crippen LogP contribution in [0, 0.1) is 11.3 Å². The molecule has 0 aliphatic rings. The third-order valence-electron chi connectivity index (χ3n) is 2.23. The number of nitrogens with one attached hydrogen (secondary N) is 1. The summed E-state index contributed by atoms with van der Waals surface area (Å²) in [7, 11) is 0. The van der Waals surface area contributed by atoms with Crippen molar-refractivity contribution in [2.24, 2.45) is 0 Å². The standard InChI is InChI=1S/C12H7BrN4O2/c13-9-5-7(11(18)19)1-2-10(9)17-12-15-4-3-8(6-14)16-12/h1-5H,(H,18,19)(H,15,16,17). The highest BCUT2D eigenvalue weighted by Crippen LogP contribution is 2.25. The number of nitriles is 1. The lowest BCUT2D eigenvalue weighted by atomic mass is 10.2. The quantitative estimate of drug-likeness (QED) is 0.902. The van der Waals surface area contributed by atoms with E-state index >= 15 is 0 Å². The number of carbonyl (C=O) groups is 1. The number of nitrogens with zero attached hydrogens (tertiary/aromatic N) is 3. The van der Waals surface area contributed by atoms with Crippen molar-refractivity contribution in [1.29, 1.82) is 5.26 Å². The summed E-state index contributed by atoms with van der Waals surface area (Å²) in [6, 6.07) is 7.93. The van der Waals surface area contributed by atoms with Gasteiger partial charge in [0.1, 0.15) is 11.8 Å². The lowest BCUT2D eigenvalue weighted by molar-refractivity contribution is 0.0697. The van der Waals surface area contributed by atoms with Gasteiger partial charge in [0.05, 0.1) is 11.3 Å². The maximum Gasteiger partial charge on any atom is 0.335 e. The van der Waals surface area contributed by atoms with Crippen molar-refractivity contribution in [2.45, 2.75) is 0 Å². The molecule has 2 rings (SSSR count). The molecule has 0 unspecified atom stereocenters. The molecule has 0 amide bonds. The Morgan fingerprint density at radius 2 is 2.21 bits per heavy atom. The summed E-state index contributed by atoms with van der Waals surface area (Å²) in [5.74, 6) is -0.738. The van der Waals surface area contributed by atoms with E-state index in [4.69, 9.17) is 10.4 Å². The van der Waals surface area contributed by atoms with E-state index in [1.165, 1.54) is 24.4 Å².